The van der Waals surface area contributed by atoms with Crippen LogP contribution in [0, 0.1) is 5.41 Å². The molecule has 0 bridgehead atoms. The van der Waals surface area contributed by atoms with E-state index in [9.17, 15) is 0 Å². The monoisotopic (exact) mass is 221 g/mol. The van der Waals surface area contributed by atoms with Gasteiger partial charge >= 0.3 is 0 Å². The van der Waals surface area contributed by atoms with Crippen molar-refractivity contribution in [1.82, 2.24) is 4.90 Å². The number of hydrogen-bond acceptors (Lipinski definition) is 1. The van der Waals surface area contributed by atoms with E-state index in [1.807, 2.05) is 0 Å². The predicted octanol–water partition coefficient (Wildman–Crippen LogP) is 4.02. The maximum Gasteiger partial charge on any atom is 0.0477 e. The van der Waals surface area contributed by atoms with Gasteiger partial charge in [0.2, 0.25) is 0 Å². The van der Waals surface area contributed by atoms with Gasteiger partial charge in [-0.25, -0.2) is 0 Å². The van der Waals surface area contributed by atoms with Gasteiger partial charge in [0.1, 0.15) is 0 Å². The van der Waals surface area contributed by atoms with Crippen molar-refractivity contribution < 1.29 is 0 Å². The maximum atomic E-state index is 2.36. The molecule has 0 radical (unpaired) electrons. The van der Waals surface area contributed by atoms with Crippen LogP contribution in [0.2, 0.25) is 0 Å². The van der Waals surface area contributed by atoms with Crippen molar-refractivity contribution in [2.75, 3.05) is 14.1 Å². The van der Waals surface area contributed by atoms with E-state index in [0.717, 1.165) is 0 Å². The van der Waals surface area contributed by atoms with Gasteiger partial charge in [0.25, 0.3) is 0 Å². The summed E-state index contributed by atoms with van der Waals surface area (Å²) in [6, 6.07) is 0. The molecule has 0 aliphatic heterocycles. The minimum absolute atomic E-state index is 0.112. The smallest absolute Gasteiger partial charge is 0.0477 e. The van der Waals surface area contributed by atoms with Crippen LogP contribution in [0.15, 0.2) is 22.3 Å². The summed E-state index contributed by atoms with van der Waals surface area (Å²) in [6.45, 7) is 16.2. The number of allylic oxidation sites excluding steroid dienone is 2. The second-order valence-electron chi connectivity index (χ2n) is 6.09. The molecule has 0 saturated heterocycles. The summed E-state index contributed by atoms with van der Waals surface area (Å²) in [5.41, 5.74) is 6.26. The van der Waals surface area contributed by atoms with Crippen LogP contribution < -0.4 is 0 Å². The largest absolute Gasteiger partial charge is 0.299 e. The van der Waals surface area contributed by atoms with Crippen LogP contribution >= 0.6 is 0 Å². The molecular weight excluding hydrogens is 194 g/mol. The van der Waals surface area contributed by atoms with E-state index in [0.29, 0.717) is 0 Å². The molecule has 0 aromatic carbocycles. The van der Waals surface area contributed by atoms with Gasteiger partial charge in [0.05, 0.1) is 0 Å². The van der Waals surface area contributed by atoms with E-state index in [1.54, 1.807) is 0 Å². The summed E-state index contributed by atoms with van der Waals surface area (Å²) in [5, 5.41) is 0. The maximum absolute atomic E-state index is 2.36. The lowest BCUT2D eigenvalue weighted by molar-refractivity contribution is 0.0898. The standard InChI is InChI=1S/C15H27N/c1-10-11(2)13(4)15(7,16(8)9)14(5,6)12(10)3/h1-9H3. The zero-order valence-electron chi connectivity index (χ0n) is 12.4. The fraction of sp³-hybridized carbons (Fsp3) is 0.733. The van der Waals surface area contributed by atoms with Gasteiger partial charge < -0.3 is 0 Å². The van der Waals surface area contributed by atoms with Crippen molar-refractivity contribution in [3.8, 4) is 0 Å². The highest BCUT2D eigenvalue weighted by Gasteiger charge is 2.48. The highest BCUT2D eigenvalue weighted by molar-refractivity contribution is 5.48. The van der Waals surface area contributed by atoms with Gasteiger partial charge in [-0.15, -0.1) is 0 Å². The molecule has 0 amide bonds. The highest BCUT2D eigenvalue weighted by atomic mass is 15.2. The Morgan fingerprint density at radius 2 is 1.12 bits per heavy atom. The average molecular weight is 221 g/mol. The van der Waals surface area contributed by atoms with Crippen molar-refractivity contribution in [3.05, 3.63) is 22.3 Å². The van der Waals surface area contributed by atoms with Crippen molar-refractivity contribution in [3.63, 3.8) is 0 Å². The van der Waals surface area contributed by atoms with E-state index in [-0.39, 0.29) is 11.0 Å². The Hall–Kier alpha value is -0.560. The second kappa shape index (κ2) is 3.73. The highest BCUT2D eigenvalue weighted by Crippen LogP contribution is 2.51. The van der Waals surface area contributed by atoms with Gasteiger partial charge in [-0.2, -0.15) is 0 Å². The lowest BCUT2D eigenvalue weighted by Crippen LogP contribution is -2.56. The van der Waals surface area contributed by atoms with E-state index < -0.39 is 0 Å². The van der Waals surface area contributed by atoms with Crippen molar-refractivity contribution in [2.45, 2.75) is 54.0 Å². The third-order valence-electron chi connectivity index (χ3n) is 5.47. The third kappa shape index (κ3) is 1.41. The van der Waals surface area contributed by atoms with Crippen LogP contribution in [0.3, 0.4) is 0 Å². The van der Waals surface area contributed by atoms with Crippen molar-refractivity contribution in [2.24, 2.45) is 5.41 Å². The molecule has 0 N–H and O–H groups in total. The van der Waals surface area contributed by atoms with E-state index >= 15 is 0 Å². The Balaban J connectivity index is 3.56. The molecule has 0 spiro atoms. The number of likely N-dealkylation sites (N-methyl/N-ethyl adjacent to an activating group) is 1. The number of nitrogens with zero attached hydrogens (tertiary/aromatic N) is 1. The van der Waals surface area contributed by atoms with Crippen LogP contribution in [-0.4, -0.2) is 24.5 Å². The molecule has 1 nitrogen and oxygen atoms in total. The first-order chi connectivity index (χ1) is 7.08. The fourth-order valence-corrected chi connectivity index (χ4v) is 3.12. The third-order valence-corrected chi connectivity index (χ3v) is 5.47. The minimum Gasteiger partial charge on any atom is -0.299 e. The fourth-order valence-electron chi connectivity index (χ4n) is 3.12. The second-order valence-corrected chi connectivity index (χ2v) is 6.09. The van der Waals surface area contributed by atoms with Crippen LogP contribution in [0.1, 0.15) is 48.5 Å². The zero-order chi connectivity index (χ0) is 12.9. The van der Waals surface area contributed by atoms with Crippen molar-refractivity contribution >= 4 is 0 Å². The van der Waals surface area contributed by atoms with E-state index in [2.05, 4.69) is 67.5 Å². The van der Waals surface area contributed by atoms with Gasteiger partial charge in [0, 0.05) is 11.0 Å². The summed E-state index contributed by atoms with van der Waals surface area (Å²) < 4.78 is 0. The molecule has 0 heterocycles. The zero-order valence-corrected chi connectivity index (χ0v) is 12.4. The van der Waals surface area contributed by atoms with E-state index in [4.69, 9.17) is 0 Å². The minimum atomic E-state index is 0.112. The topological polar surface area (TPSA) is 3.24 Å². The molecule has 0 aromatic rings. The summed E-state index contributed by atoms with van der Waals surface area (Å²) in [4.78, 5) is 2.36. The molecule has 0 fully saturated rings. The Bertz CT molecular complexity index is 369. The molecule has 0 aromatic heterocycles. The molecule has 1 rings (SSSR count). The Labute approximate surface area is 101 Å². The van der Waals surface area contributed by atoms with Crippen LogP contribution in [0.25, 0.3) is 0 Å². The molecule has 1 aliphatic carbocycles. The Morgan fingerprint density at radius 1 is 0.750 bits per heavy atom. The van der Waals surface area contributed by atoms with Gasteiger partial charge in [0.15, 0.2) is 0 Å². The normalized spacial score (nSPS) is 30.4. The lowest BCUT2D eigenvalue weighted by atomic mass is 9.59. The van der Waals surface area contributed by atoms with Crippen molar-refractivity contribution in [1.29, 1.82) is 0 Å². The quantitative estimate of drug-likeness (QED) is 0.646. The summed E-state index contributed by atoms with van der Waals surface area (Å²) in [6.07, 6.45) is 0. The lowest BCUT2D eigenvalue weighted by Gasteiger charge is -2.54. The molecule has 92 valence electrons. The van der Waals surface area contributed by atoms with Crippen LogP contribution in [0.4, 0.5) is 0 Å². The van der Waals surface area contributed by atoms with Crippen LogP contribution in [-0.2, 0) is 0 Å². The molecule has 1 heteroatoms. The first kappa shape index (κ1) is 13.5. The van der Waals surface area contributed by atoms with E-state index in [1.165, 1.54) is 22.3 Å². The Morgan fingerprint density at radius 3 is 1.50 bits per heavy atom. The first-order valence-corrected chi connectivity index (χ1v) is 6.12. The number of rotatable bonds is 1. The summed E-state index contributed by atoms with van der Waals surface area (Å²) in [7, 11) is 4.37. The SMILES string of the molecule is CC1=C(C)C(C)(C)C(C)(N(C)C)C(C)=C1C. The van der Waals surface area contributed by atoms with Gasteiger partial charge in [-0.1, -0.05) is 19.4 Å². The molecule has 1 aliphatic rings. The van der Waals surface area contributed by atoms with Crippen LogP contribution in [0.5, 0.6) is 0 Å². The first-order valence-electron chi connectivity index (χ1n) is 6.12. The Kier molecular flexibility index (Phi) is 3.15. The molecule has 16 heavy (non-hydrogen) atoms. The van der Waals surface area contributed by atoms with Gasteiger partial charge in [-0.05, 0) is 65.4 Å². The predicted molar refractivity (Wildman–Crippen MR) is 72.6 cm³/mol. The molecule has 1 unspecified atom stereocenters. The average Bonchev–Trinajstić information content (AvgIpc) is 2.21. The molecule has 0 saturated carbocycles. The summed E-state index contributed by atoms with van der Waals surface area (Å²) in [5.74, 6) is 0. The van der Waals surface area contributed by atoms with Gasteiger partial charge in [-0.3, -0.25) is 4.90 Å². The summed E-state index contributed by atoms with van der Waals surface area (Å²) >= 11 is 0. The number of hydrogen-bond donors (Lipinski definition) is 0. The molecule has 1 atom stereocenters. The molecular formula is C15H27N.